The van der Waals surface area contributed by atoms with Crippen LogP contribution < -0.4 is 11.1 Å². The summed E-state index contributed by atoms with van der Waals surface area (Å²) in [4.78, 5) is 18.0. The van der Waals surface area contributed by atoms with Gasteiger partial charge in [-0.2, -0.15) is 0 Å². The van der Waals surface area contributed by atoms with Gasteiger partial charge in [-0.25, -0.2) is 4.98 Å². The monoisotopic (exact) mass is 301 g/mol. The predicted octanol–water partition coefficient (Wildman–Crippen LogP) is 2.51. The van der Waals surface area contributed by atoms with Crippen LogP contribution in [0.15, 0.2) is 0 Å². The van der Waals surface area contributed by atoms with Gasteiger partial charge in [0, 0.05) is 10.9 Å². The third-order valence-corrected chi connectivity index (χ3v) is 5.05. The van der Waals surface area contributed by atoms with Crippen LogP contribution in [0.3, 0.4) is 0 Å². The van der Waals surface area contributed by atoms with Crippen molar-refractivity contribution in [2.45, 2.75) is 51.0 Å². The van der Waals surface area contributed by atoms with Gasteiger partial charge in [0.25, 0.3) is 0 Å². The number of hydrogen-bond acceptors (Lipinski definition) is 4. The number of halogens is 1. The van der Waals surface area contributed by atoms with E-state index in [1.54, 1.807) is 11.3 Å². The average Bonchev–Trinajstić information content (AvgIpc) is 2.94. The van der Waals surface area contributed by atoms with Crippen molar-refractivity contribution in [3.05, 3.63) is 10.6 Å². The summed E-state index contributed by atoms with van der Waals surface area (Å²) in [5.74, 6) is 0.0389. The van der Waals surface area contributed by atoms with Crippen LogP contribution in [0.4, 0.5) is 5.13 Å². The molecule has 1 amide bonds. The van der Waals surface area contributed by atoms with Crippen molar-refractivity contribution in [3.8, 4) is 0 Å². The second-order valence-corrected chi connectivity index (χ2v) is 6.37. The molecule has 0 aromatic carbocycles. The van der Waals surface area contributed by atoms with Crippen LogP contribution in [0.2, 0.25) is 0 Å². The molecule has 106 valence electrons. The third kappa shape index (κ3) is 3.09. The highest BCUT2D eigenvalue weighted by atomic mass is 35.5. The summed E-state index contributed by atoms with van der Waals surface area (Å²) in [6.07, 6.45) is 7.59. The van der Waals surface area contributed by atoms with E-state index in [2.05, 4.69) is 10.3 Å². The number of hydrogen-bond donors (Lipinski definition) is 2. The van der Waals surface area contributed by atoms with Gasteiger partial charge in [0.05, 0.1) is 11.6 Å². The molecule has 2 unspecified atom stereocenters. The molecule has 1 aromatic rings. The van der Waals surface area contributed by atoms with Crippen LogP contribution >= 0.6 is 23.7 Å². The number of amides is 1. The summed E-state index contributed by atoms with van der Waals surface area (Å²) in [7, 11) is 0. The minimum Gasteiger partial charge on any atom is -0.327 e. The van der Waals surface area contributed by atoms with Crippen LogP contribution in [-0.4, -0.2) is 16.9 Å². The van der Waals surface area contributed by atoms with E-state index in [1.165, 1.54) is 23.4 Å². The molecule has 1 heterocycles. The van der Waals surface area contributed by atoms with E-state index in [4.69, 9.17) is 5.73 Å². The third-order valence-electron chi connectivity index (χ3n) is 3.98. The van der Waals surface area contributed by atoms with Gasteiger partial charge in [-0.15, -0.1) is 23.7 Å². The van der Waals surface area contributed by atoms with E-state index in [1.807, 2.05) is 0 Å². The molecule has 1 aromatic heterocycles. The number of aromatic nitrogens is 1. The first-order valence-corrected chi connectivity index (χ1v) is 7.61. The van der Waals surface area contributed by atoms with Gasteiger partial charge in [0.15, 0.2) is 5.13 Å². The summed E-state index contributed by atoms with van der Waals surface area (Å²) in [5.41, 5.74) is 7.15. The van der Waals surface area contributed by atoms with E-state index in [0.29, 0.717) is 0 Å². The lowest BCUT2D eigenvalue weighted by Crippen LogP contribution is -2.34. The van der Waals surface area contributed by atoms with Crippen LogP contribution in [0.1, 0.15) is 42.7 Å². The minimum atomic E-state index is -0.0223. The Bertz CT molecular complexity index is 439. The highest BCUT2D eigenvalue weighted by Gasteiger charge is 2.30. The topological polar surface area (TPSA) is 68.0 Å². The van der Waals surface area contributed by atoms with E-state index in [9.17, 15) is 4.79 Å². The van der Waals surface area contributed by atoms with E-state index < -0.39 is 0 Å². The number of nitrogens with zero attached hydrogens (tertiary/aromatic N) is 1. The summed E-state index contributed by atoms with van der Waals surface area (Å²) >= 11 is 1.64. The first kappa shape index (κ1) is 14.8. The Labute approximate surface area is 123 Å². The van der Waals surface area contributed by atoms with Crippen molar-refractivity contribution < 1.29 is 4.79 Å². The molecule has 0 radical (unpaired) electrons. The van der Waals surface area contributed by atoms with Crippen LogP contribution in [-0.2, 0) is 17.6 Å². The zero-order valence-electron chi connectivity index (χ0n) is 10.9. The zero-order chi connectivity index (χ0) is 12.5. The lowest BCUT2D eigenvalue weighted by Gasteiger charge is -2.13. The molecule has 0 aliphatic heterocycles. The van der Waals surface area contributed by atoms with Crippen LogP contribution in [0.5, 0.6) is 0 Å². The molecule has 19 heavy (non-hydrogen) atoms. The number of thiazole rings is 1. The molecule has 0 saturated heterocycles. The fourth-order valence-electron chi connectivity index (χ4n) is 2.92. The smallest absolute Gasteiger partial charge is 0.230 e. The van der Waals surface area contributed by atoms with Crippen molar-refractivity contribution in [1.29, 1.82) is 0 Å². The van der Waals surface area contributed by atoms with Gasteiger partial charge >= 0.3 is 0 Å². The summed E-state index contributed by atoms with van der Waals surface area (Å²) in [6.45, 7) is 0. The molecule has 6 heteroatoms. The van der Waals surface area contributed by atoms with E-state index in [0.717, 1.165) is 37.2 Å². The summed E-state index contributed by atoms with van der Waals surface area (Å²) in [5, 5.41) is 3.73. The van der Waals surface area contributed by atoms with Gasteiger partial charge in [0.2, 0.25) is 5.91 Å². The SMILES string of the molecule is Cl.NC1CCCC1C(=O)Nc1nc2c(s1)CCCC2. The zero-order valence-corrected chi connectivity index (χ0v) is 12.5. The first-order chi connectivity index (χ1) is 8.74. The molecule has 1 fully saturated rings. The van der Waals surface area contributed by atoms with Crippen LogP contribution in [0, 0.1) is 5.92 Å². The fourth-order valence-corrected chi connectivity index (χ4v) is 3.97. The number of carbonyl (C=O) groups excluding carboxylic acids is 1. The Hall–Kier alpha value is -0.650. The average molecular weight is 302 g/mol. The quantitative estimate of drug-likeness (QED) is 0.882. The maximum atomic E-state index is 12.1. The molecule has 0 spiro atoms. The fraction of sp³-hybridized carbons (Fsp3) is 0.692. The normalized spacial score (nSPS) is 25.5. The molecular weight excluding hydrogens is 282 g/mol. The number of nitrogens with one attached hydrogen (secondary N) is 1. The predicted molar refractivity (Wildman–Crippen MR) is 80.0 cm³/mol. The Kier molecular flexibility index (Phi) is 4.81. The molecule has 1 saturated carbocycles. The Morgan fingerprint density at radius 2 is 2.05 bits per heavy atom. The number of rotatable bonds is 2. The minimum absolute atomic E-state index is 0. The molecule has 2 atom stereocenters. The maximum absolute atomic E-state index is 12.1. The number of fused-ring (bicyclic) bond motifs is 1. The van der Waals surface area contributed by atoms with E-state index in [-0.39, 0.29) is 30.3 Å². The molecule has 3 N–H and O–H groups in total. The van der Waals surface area contributed by atoms with Gasteiger partial charge in [-0.3, -0.25) is 4.79 Å². The van der Waals surface area contributed by atoms with E-state index >= 15 is 0 Å². The lowest BCUT2D eigenvalue weighted by atomic mass is 10.0. The molecule has 4 nitrogen and oxygen atoms in total. The molecule has 0 bridgehead atoms. The second kappa shape index (κ2) is 6.20. The molecule has 2 aliphatic carbocycles. The highest BCUT2D eigenvalue weighted by Crippen LogP contribution is 2.31. The largest absolute Gasteiger partial charge is 0.327 e. The number of carbonyl (C=O) groups is 1. The van der Waals surface area contributed by atoms with Gasteiger partial charge in [-0.05, 0) is 38.5 Å². The van der Waals surface area contributed by atoms with Gasteiger partial charge in [0.1, 0.15) is 0 Å². The van der Waals surface area contributed by atoms with Gasteiger partial charge < -0.3 is 11.1 Å². The van der Waals surface area contributed by atoms with Crippen molar-refractivity contribution in [3.63, 3.8) is 0 Å². The summed E-state index contributed by atoms with van der Waals surface area (Å²) < 4.78 is 0. The maximum Gasteiger partial charge on any atom is 0.230 e. The molecule has 3 rings (SSSR count). The highest BCUT2D eigenvalue weighted by molar-refractivity contribution is 7.15. The Morgan fingerprint density at radius 1 is 1.26 bits per heavy atom. The van der Waals surface area contributed by atoms with Crippen molar-refractivity contribution in [2.24, 2.45) is 11.7 Å². The van der Waals surface area contributed by atoms with Crippen molar-refractivity contribution in [2.75, 3.05) is 5.32 Å². The van der Waals surface area contributed by atoms with Gasteiger partial charge in [-0.1, -0.05) is 6.42 Å². The van der Waals surface area contributed by atoms with Crippen molar-refractivity contribution >= 4 is 34.8 Å². The molecular formula is C13H20ClN3OS. The van der Waals surface area contributed by atoms with Crippen molar-refractivity contribution in [1.82, 2.24) is 4.98 Å². The number of anilines is 1. The molecule has 2 aliphatic rings. The number of nitrogens with two attached hydrogens (primary N) is 1. The second-order valence-electron chi connectivity index (χ2n) is 5.29. The Balaban J connectivity index is 0.00000133. The summed E-state index contributed by atoms with van der Waals surface area (Å²) in [6, 6.07) is 0.0274. The van der Waals surface area contributed by atoms with Crippen LogP contribution in [0.25, 0.3) is 0 Å². The first-order valence-electron chi connectivity index (χ1n) is 6.79. The number of aryl methyl sites for hydroxylation is 2. The lowest BCUT2D eigenvalue weighted by molar-refractivity contribution is -0.120. The Morgan fingerprint density at radius 3 is 2.74 bits per heavy atom. The standard InChI is InChI=1S/C13H19N3OS.ClH/c14-9-5-3-4-8(9)12(17)16-13-15-10-6-1-2-7-11(10)18-13;/h8-9H,1-7,14H2,(H,15,16,17);1H.